The Kier molecular flexibility index (Phi) is 3.74. The van der Waals surface area contributed by atoms with E-state index in [1.165, 1.54) is 13.2 Å². The molecular weight excluding hydrogens is 269 g/mol. The fourth-order valence-electron chi connectivity index (χ4n) is 4.02. The molecule has 2 saturated heterocycles. The lowest BCUT2D eigenvalue weighted by Gasteiger charge is -2.39. The van der Waals surface area contributed by atoms with E-state index in [0.29, 0.717) is 12.5 Å². The molecule has 0 saturated carbocycles. The van der Waals surface area contributed by atoms with Crippen molar-refractivity contribution in [3.63, 3.8) is 0 Å². The van der Waals surface area contributed by atoms with Gasteiger partial charge in [-0.05, 0) is 62.5 Å². The Balaban J connectivity index is 2.01. The number of carbonyl (C=O) groups excluding carboxylic acids is 1. The molecule has 1 aliphatic carbocycles. The van der Waals surface area contributed by atoms with E-state index in [9.17, 15) is 9.18 Å². The summed E-state index contributed by atoms with van der Waals surface area (Å²) in [6.45, 7) is 1.82. The van der Waals surface area contributed by atoms with Crippen LogP contribution in [0, 0.1) is 5.92 Å². The summed E-state index contributed by atoms with van der Waals surface area (Å²) >= 11 is 0. The van der Waals surface area contributed by atoms with Crippen molar-refractivity contribution in [3.05, 3.63) is 34.7 Å². The van der Waals surface area contributed by atoms with Gasteiger partial charge in [-0.3, -0.25) is 9.69 Å². The first-order chi connectivity index (χ1) is 10.0. The van der Waals surface area contributed by atoms with Gasteiger partial charge in [0.2, 0.25) is 0 Å². The lowest BCUT2D eigenvalue weighted by molar-refractivity contribution is -0.146. The van der Waals surface area contributed by atoms with Crippen molar-refractivity contribution in [2.24, 2.45) is 5.92 Å². The first-order valence-corrected chi connectivity index (χ1v) is 7.58. The molecule has 0 amide bonds. The highest BCUT2D eigenvalue weighted by Crippen LogP contribution is 2.44. The van der Waals surface area contributed by atoms with Gasteiger partial charge < -0.3 is 4.74 Å². The third-order valence-electron chi connectivity index (χ3n) is 5.27. The topological polar surface area (TPSA) is 29.5 Å². The Morgan fingerprint density at radius 1 is 1.38 bits per heavy atom. The van der Waals surface area contributed by atoms with E-state index < -0.39 is 0 Å². The number of halogens is 1. The minimum atomic E-state index is -0.202. The average molecular weight is 291 g/mol. The van der Waals surface area contributed by atoms with Crippen LogP contribution < -0.4 is 0 Å². The molecule has 3 nitrogen and oxygen atoms in total. The van der Waals surface area contributed by atoms with Crippen LogP contribution in [0.25, 0.3) is 0 Å². The van der Waals surface area contributed by atoms with Gasteiger partial charge >= 0.3 is 5.97 Å². The van der Waals surface area contributed by atoms with Crippen LogP contribution in [0.3, 0.4) is 0 Å². The molecule has 0 aromatic heterocycles. The zero-order chi connectivity index (χ0) is 15.1. The van der Waals surface area contributed by atoms with Gasteiger partial charge in [0.15, 0.2) is 0 Å². The van der Waals surface area contributed by atoms with E-state index in [4.69, 9.17) is 4.74 Å². The van der Waals surface area contributed by atoms with Crippen molar-refractivity contribution in [2.45, 2.75) is 44.7 Å². The molecule has 0 radical (unpaired) electrons. The third-order valence-corrected chi connectivity index (χ3v) is 5.27. The first kappa shape index (κ1) is 14.5. The lowest BCUT2D eigenvalue weighted by atomic mass is 9.80. The number of carbonyl (C=O) groups is 1. The summed E-state index contributed by atoms with van der Waals surface area (Å²) in [5.41, 5.74) is 3.01. The summed E-state index contributed by atoms with van der Waals surface area (Å²) in [4.78, 5) is 14.6. The SMILES string of the molecule is COC(=O)C1/C(=C2\C=CC(F)=C(C)C2)CC2CCC1N2C. The predicted octanol–water partition coefficient (Wildman–Crippen LogP) is 3.14. The molecule has 21 heavy (non-hydrogen) atoms. The molecule has 2 aliphatic heterocycles. The van der Waals surface area contributed by atoms with Gasteiger partial charge in [-0.2, -0.15) is 0 Å². The van der Waals surface area contributed by atoms with Crippen molar-refractivity contribution in [1.29, 1.82) is 0 Å². The lowest BCUT2D eigenvalue weighted by Crippen LogP contribution is -2.47. The minimum Gasteiger partial charge on any atom is -0.469 e. The Hall–Kier alpha value is -1.42. The molecule has 3 aliphatic rings. The molecule has 0 aromatic carbocycles. The molecule has 0 N–H and O–H groups in total. The number of fused-ring (bicyclic) bond motifs is 2. The number of hydrogen-bond acceptors (Lipinski definition) is 3. The summed E-state index contributed by atoms with van der Waals surface area (Å²) in [7, 11) is 3.55. The molecule has 2 fully saturated rings. The van der Waals surface area contributed by atoms with Gasteiger partial charge in [0, 0.05) is 12.1 Å². The number of esters is 1. The number of methoxy groups -OCH3 is 1. The standard InChI is InChI=1S/C17H22FNO2/c1-10-8-11(4-6-14(10)18)13-9-12-5-7-15(19(12)2)16(13)17(20)21-3/h4,6,12,15-16H,5,7-9H2,1-3H3/b13-11+. The van der Waals surface area contributed by atoms with Gasteiger partial charge in [-0.1, -0.05) is 6.08 Å². The molecule has 3 unspecified atom stereocenters. The second-order valence-corrected chi connectivity index (χ2v) is 6.36. The van der Waals surface area contributed by atoms with E-state index in [0.717, 1.165) is 36.0 Å². The highest BCUT2D eigenvalue weighted by atomic mass is 19.1. The van der Waals surface area contributed by atoms with E-state index in [1.54, 1.807) is 0 Å². The second kappa shape index (κ2) is 5.41. The maximum atomic E-state index is 13.5. The largest absolute Gasteiger partial charge is 0.469 e. The number of piperidine rings is 1. The third kappa shape index (κ3) is 2.35. The van der Waals surface area contributed by atoms with E-state index >= 15 is 0 Å². The molecule has 2 bridgehead atoms. The molecule has 4 heteroatoms. The van der Waals surface area contributed by atoms with E-state index in [1.807, 2.05) is 13.0 Å². The maximum absolute atomic E-state index is 13.5. The summed E-state index contributed by atoms with van der Waals surface area (Å²) in [6.07, 6.45) is 7.02. The maximum Gasteiger partial charge on any atom is 0.314 e. The smallest absolute Gasteiger partial charge is 0.314 e. The zero-order valence-electron chi connectivity index (χ0n) is 12.9. The Morgan fingerprint density at radius 2 is 2.14 bits per heavy atom. The van der Waals surface area contributed by atoms with Gasteiger partial charge in [-0.25, -0.2) is 4.39 Å². The summed E-state index contributed by atoms with van der Waals surface area (Å²) < 4.78 is 18.6. The van der Waals surface area contributed by atoms with Gasteiger partial charge in [0.05, 0.1) is 13.0 Å². The van der Waals surface area contributed by atoms with Crippen LogP contribution >= 0.6 is 0 Å². The molecule has 114 valence electrons. The molecule has 0 spiro atoms. The van der Waals surface area contributed by atoms with Crippen LogP contribution in [0.1, 0.15) is 32.6 Å². The fraction of sp³-hybridized carbons (Fsp3) is 0.588. The Morgan fingerprint density at radius 3 is 2.81 bits per heavy atom. The number of hydrogen-bond donors (Lipinski definition) is 0. The molecular formula is C17H22FNO2. The van der Waals surface area contributed by atoms with Gasteiger partial charge in [-0.15, -0.1) is 0 Å². The van der Waals surface area contributed by atoms with Gasteiger partial charge in [0.25, 0.3) is 0 Å². The first-order valence-electron chi connectivity index (χ1n) is 7.58. The number of nitrogens with zero attached hydrogens (tertiary/aromatic N) is 1. The van der Waals surface area contributed by atoms with Crippen LogP contribution in [0.5, 0.6) is 0 Å². The zero-order valence-corrected chi connectivity index (χ0v) is 12.9. The quantitative estimate of drug-likeness (QED) is 0.695. The summed E-state index contributed by atoms with van der Waals surface area (Å²) in [5.74, 6) is -0.506. The van der Waals surface area contributed by atoms with Crippen molar-refractivity contribution in [3.8, 4) is 0 Å². The van der Waals surface area contributed by atoms with E-state index in [2.05, 4.69) is 11.9 Å². The van der Waals surface area contributed by atoms with Crippen molar-refractivity contribution in [2.75, 3.05) is 14.2 Å². The average Bonchev–Trinajstić information content (AvgIpc) is 2.72. The Labute approximate surface area is 125 Å². The van der Waals surface area contributed by atoms with Crippen molar-refractivity contribution < 1.29 is 13.9 Å². The number of ether oxygens (including phenoxy) is 1. The van der Waals surface area contributed by atoms with Crippen molar-refractivity contribution in [1.82, 2.24) is 4.90 Å². The van der Waals surface area contributed by atoms with Crippen LogP contribution in [0.15, 0.2) is 34.7 Å². The highest BCUT2D eigenvalue weighted by molar-refractivity contribution is 5.78. The monoisotopic (exact) mass is 291 g/mol. The van der Waals surface area contributed by atoms with Gasteiger partial charge in [0.1, 0.15) is 5.83 Å². The number of allylic oxidation sites excluding steroid dienone is 5. The molecule has 3 rings (SSSR count). The second-order valence-electron chi connectivity index (χ2n) is 6.36. The normalized spacial score (nSPS) is 36.3. The predicted molar refractivity (Wildman–Crippen MR) is 79.3 cm³/mol. The van der Waals surface area contributed by atoms with Crippen LogP contribution in [0.2, 0.25) is 0 Å². The minimum absolute atomic E-state index is 0.148. The Bertz CT molecular complexity index is 561. The summed E-state index contributed by atoms with van der Waals surface area (Å²) in [6, 6.07) is 0.728. The highest BCUT2D eigenvalue weighted by Gasteiger charge is 2.47. The molecule has 3 atom stereocenters. The van der Waals surface area contributed by atoms with Crippen LogP contribution in [-0.2, 0) is 9.53 Å². The van der Waals surface area contributed by atoms with Crippen molar-refractivity contribution >= 4 is 5.97 Å². The summed E-state index contributed by atoms with van der Waals surface area (Å²) in [5, 5.41) is 0. The molecule has 0 aromatic rings. The molecule has 2 heterocycles. The fourth-order valence-corrected chi connectivity index (χ4v) is 4.02. The van der Waals surface area contributed by atoms with E-state index in [-0.39, 0.29) is 23.8 Å². The van der Waals surface area contributed by atoms with Crippen LogP contribution in [0.4, 0.5) is 4.39 Å². The number of rotatable bonds is 1. The van der Waals surface area contributed by atoms with Crippen LogP contribution in [-0.4, -0.2) is 37.1 Å².